The summed E-state index contributed by atoms with van der Waals surface area (Å²) in [6, 6.07) is 12.4. The van der Waals surface area contributed by atoms with Gasteiger partial charge in [-0.2, -0.15) is 0 Å². The maximum atomic E-state index is 13.8. The molecule has 9 heteroatoms. The molecule has 2 amide bonds. The summed E-state index contributed by atoms with van der Waals surface area (Å²) in [7, 11) is 0. The number of hydrogen-bond donors (Lipinski definition) is 2. The summed E-state index contributed by atoms with van der Waals surface area (Å²) >= 11 is 0. The highest BCUT2D eigenvalue weighted by Gasteiger charge is 2.32. The van der Waals surface area contributed by atoms with Gasteiger partial charge in [0.2, 0.25) is 5.91 Å². The largest absolute Gasteiger partial charge is 0.460 e. The molecule has 0 saturated carbocycles. The molecule has 0 bridgehead atoms. The monoisotopic (exact) mass is 555 g/mol. The van der Waals surface area contributed by atoms with E-state index in [9.17, 15) is 18.8 Å². The van der Waals surface area contributed by atoms with Gasteiger partial charge >= 0.3 is 12.1 Å². The van der Waals surface area contributed by atoms with E-state index in [1.165, 1.54) is 12.1 Å². The lowest BCUT2D eigenvalue weighted by Gasteiger charge is -2.30. The minimum absolute atomic E-state index is 0.0588. The second-order valence-electron chi connectivity index (χ2n) is 12.5. The quantitative estimate of drug-likeness (QED) is 0.395. The first-order chi connectivity index (χ1) is 18.7. The summed E-state index contributed by atoms with van der Waals surface area (Å²) in [5, 5.41) is 5.69. The predicted octanol–water partition coefficient (Wildman–Crippen LogP) is 5.14. The molecule has 2 atom stereocenters. The Morgan fingerprint density at radius 1 is 1.00 bits per heavy atom. The van der Waals surface area contributed by atoms with Gasteiger partial charge < -0.3 is 25.0 Å². The Bertz CT molecular complexity index is 1170. The molecule has 0 spiro atoms. The first-order valence-corrected chi connectivity index (χ1v) is 13.7. The fraction of sp³-hybridized carbons (Fsp3) is 0.516. The van der Waals surface area contributed by atoms with Gasteiger partial charge in [-0.15, -0.1) is 0 Å². The molecule has 0 radical (unpaired) electrons. The third kappa shape index (κ3) is 10.2. The van der Waals surface area contributed by atoms with Gasteiger partial charge in [-0.1, -0.05) is 51.1 Å². The Balaban J connectivity index is 1.73. The lowest BCUT2D eigenvalue weighted by atomic mass is 9.87. The molecule has 0 aromatic heterocycles. The van der Waals surface area contributed by atoms with Crippen LogP contribution in [-0.4, -0.2) is 48.7 Å². The predicted molar refractivity (Wildman–Crippen MR) is 152 cm³/mol. The molecule has 1 heterocycles. The number of nitrogens with one attached hydrogen (secondary N) is 2. The van der Waals surface area contributed by atoms with Gasteiger partial charge in [0.05, 0.1) is 12.5 Å². The molecule has 1 aliphatic heterocycles. The van der Waals surface area contributed by atoms with Crippen molar-refractivity contribution in [3.05, 3.63) is 65.5 Å². The number of carbonyl (C=O) groups is 3. The van der Waals surface area contributed by atoms with Gasteiger partial charge in [0, 0.05) is 18.8 Å². The van der Waals surface area contributed by atoms with Crippen molar-refractivity contribution in [2.45, 2.75) is 85.1 Å². The molecule has 3 rings (SSSR count). The zero-order valence-corrected chi connectivity index (χ0v) is 24.4. The molecular weight excluding hydrogens is 513 g/mol. The van der Waals surface area contributed by atoms with E-state index in [2.05, 4.69) is 10.6 Å². The molecule has 0 fully saturated rings. The van der Waals surface area contributed by atoms with Crippen LogP contribution in [0.15, 0.2) is 48.5 Å². The van der Waals surface area contributed by atoms with Crippen molar-refractivity contribution >= 4 is 23.7 Å². The van der Waals surface area contributed by atoms with Crippen molar-refractivity contribution in [3.8, 4) is 0 Å². The molecular formula is C31H42FN3O5. The minimum atomic E-state index is -0.885. The Morgan fingerprint density at radius 3 is 2.35 bits per heavy atom. The van der Waals surface area contributed by atoms with Gasteiger partial charge in [-0.3, -0.25) is 9.59 Å². The number of halogens is 1. The van der Waals surface area contributed by atoms with Crippen LogP contribution in [0.3, 0.4) is 0 Å². The van der Waals surface area contributed by atoms with E-state index in [4.69, 9.17) is 9.47 Å². The average Bonchev–Trinajstić information content (AvgIpc) is 3.22. The molecule has 8 nitrogen and oxygen atoms in total. The number of rotatable bonds is 10. The molecule has 1 aliphatic rings. The number of alkyl carbamates (subject to hydrolysis) is 1. The second kappa shape index (κ2) is 13.2. The van der Waals surface area contributed by atoms with E-state index < -0.39 is 35.7 Å². The van der Waals surface area contributed by atoms with E-state index >= 15 is 0 Å². The molecule has 218 valence electrons. The third-order valence-electron chi connectivity index (χ3n) is 6.29. The van der Waals surface area contributed by atoms with E-state index in [0.29, 0.717) is 25.9 Å². The Morgan fingerprint density at radius 2 is 1.70 bits per heavy atom. The Hall–Kier alpha value is -3.62. The van der Waals surface area contributed by atoms with Crippen LogP contribution in [0.5, 0.6) is 0 Å². The summed E-state index contributed by atoms with van der Waals surface area (Å²) in [5.74, 6) is -1.16. The number of fused-ring (bicyclic) bond motifs is 1. The number of esters is 1. The van der Waals surface area contributed by atoms with Crippen LogP contribution in [0.2, 0.25) is 0 Å². The van der Waals surface area contributed by atoms with E-state index in [-0.39, 0.29) is 24.3 Å². The number of anilines is 1. The number of carbonyl (C=O) groups excluding carboxylic acids is 3. The fourth-order valence-electron chi connectivity index (χ4n) is 4.67. The number of benzene rings is 2. The zero-order chi connectivity index (χ0) is 29.5. The minimum Gasteiger partial charge on any atom is -0.460 e. The van der Waals surface area contributed by atoms with Crippen molar-refractivity contribution in [1.82, 2.24) is 10.6 Å². The molecule has 40 heavy (non-hydrogen) atoms. The Kier molecular flexibility index (Phi) is 10.2. The molecule has 0 unspecified atom stereocenters. The first-order valence-electron chi connectivity index (χ1n) is 13.7. The van der Waals surface area contributed by atoms with Crippen LogP contribution in [0.25, 0.3) is 0 Å². The van der Waals surface area contributed by atoms with Crippen LogP contribution < -0.4 is 15.5 Å². The lowest BCUT2D eigenvalue weighted by Crippen LogP contribution is -2.53. The van der Waals surface area contributed by atoms with Crippen LogP contribution in [0.1, 0.15) is 65.5 Å². The maximum Gasteiger partial charge on any atom is 0.408 e. The summed E-state index contributed by atoms with van der Waals surface area (Å²) < 4.78 is 24.6. The SMILES string of the molecule is CC(C)(C)C[C@H](NC(=O)OCc1ccccc1)C(=O)N[C@@H](CC(=O)OC(C)(C)C)CN1CCc2cc(F)ccc21. The van der Waals surface area contributed by atoms with Gasteiger partial charge in [0.1, 0.15) is 24.1 Å². The third-order valence-corrected chi connectivity index (χ3v) is 6.29. The number of hydrogen-bond acceptors (Lipinski definition) is 6. The molecule has 0 aliphatic carbocycles. The van der Waals surface area contributed by atoms with Crippen molar-refractivity contribution in [2.75, 3.05) is 18.0 Å². The lowest BCUT2D eigenvalue weighted by molar-refractivity contribution is -0.155. The van der Waals surface area contributed by atoms with E-state index in [1.807, 2.05) is 56.0 Å². The summed E-state index contributed by atoms with van der Waals surface area (Å²) in [4.78, 5) is 41.0. The highest BCUT2D eigenvalue weighted by Crippen LogP contribution is 2.29. The highest BCUT2D eigenvalue weighted by molar-refractivity contribution is 5.86. The van der Waals surface area contributed by atoms with Crippen molar-refractivity contribution < 1.29 is 28.2 Å². The van der Waals surface area contributed by atoms with Gasteiger partial charge in [0.25, 0.3) is 0 Å². The zero-order valence-electron chi connectivity index (χ0n) is 24.4. The van der Waals surface area contributed by atoms with E-state index in [1.54, 1.807) is 26.8 Å². The number of amides is 2. The smallest absolute Gasteiger partial charge is 0.408 e. The average molecular weight is 556 g/mol. The topological polar surface area (TPSA) is 97.0 Å². The normalized spacial score (nSPS) is 14.6. The molecule has 2 aromatic carbocycles. The second-order valence-corrected chi connectivity index (χ2v) is 12.5. The summed E-state index contributed by atoms with van der Waals surface area (Å²) in [6.07, 6.45) is 0.260. The molecule has 0 saturated heterocycles. The highest BCUT2D eigenvalue weighted by atomic mass is 19.1. The van der Waals surface area contributed by atoms with Crippen LogP contribution >= 0.6 is 0 Å². The summed E-state index contributed by atoms with van der Waals surface area (Å²) in [5.41, 5.74) is 1.63. The van der Waals surface area contributed by atoms with Crippen molar-refractivity contribution in [3.63, 3.8) is 0 Å². The first kappa shape index (κ1) is 30.9. The van der Waals surface area contributed by atoms with Gasteiger partial charge in [-0.05, 0) is 68.4 Å². The van der Waals surface area contributed by atoms with Crippen LogP contribution in [0, 0.1) is 11.2 Å². The molecule has 2 N–H and O–H groups in total. The van der Waals surface area contributed by atoms with Crippen LogP contribution in [-0.2, 0) is 32.1 Å². The number of nitrogens with zero attached hydrogens (tertiary/aromatic N) is 1. The molecule has 2 aromatic rings. The van der Waals surface area contributed by atoms with Crippen molar-refractivity contribution in [2.24, 2.45) is 5.41 Å². The van der Waals surface area contributed by atoms with Crippen molar-refractivity contribution in [1.29, 1.82) is 0 Å². The summed E-state index contributed by atoms with van der Waals surface area (Å²) in [6.45, 7) is 12.3. The maximum absolute atomic E-state index is 13.8. The van der Waals surface area contributed by atoms with Gasteiger partial charge in [-0.25, -0.2) is 9.18 Å². The van der Waals surface area contributed by atoms with Gasteiger partial charge in [0.15, 0.2) is 0 Å². The number of ether oxygens (including phenoxy) is 2. The van der Waals surface area contributed by atoms with Crippen LogP contribution in [0.4, 0.5) is 14.9 Å². The Labute approximate surface area is 236 Å². The fourth-order valence-corrected chi connectivity index (χ4v) is 4.67. The standard InChI is InChI=1S/C31H42FN3O5/c1-30(2,3)18-25(34-29(38)39-20-21-10-8-7-9-11-21)28(37)33-24(17-27(36)40-31(4,5)6)19-35-15-14-22-16-23(32)12-13-26(22)35/h7-13,16,24-25H,14-15,17-20H2,1-6H3,(H,33,37)(H,34,38)/t24-,25-/m0/s1. The van der Waals surface area contributed by atoms with E-state index in [0.717, 1.165) is 16.8 Å².